The molecule has 17 heavy (non-hydrogen) atoms. The molecule has 3 nitrogen and oxygen atoms in total. The van der Waals surface area contributed by atoms with Gasteiger partial charge in [-0.3, -0.25) is 4.79 Å². The third-order valence-corrected chi connectivity index (χ3v) is 3.37. The van der Waals surface area contributed by atoms with E-state index in [1.807, 2.05) is 30.3 Å². The van der Waals surface area contributed by atoms with Crippen LogP contribution in [-0.4, -0.2) is 23.2 Å². The normalized spacial score (nSPS) is 18.1. The molecule has 1 aromatic rings. The van der Waals surface area contributed by atoms with Crippen LogP contribution in [0.3, 0.4) is 0 Å². The number of hydrogen-bond donors (Lipinski definition) is 2. The van der Waals surface area contributed by atoms with Crippen molar-refractivity contribution >= 4 is 5.97 Å². The van der Waals surface area contributed by atoms with Gasteiger partial charge in [-0.15, -0.1) is 0 Å². The van der Waals surface area contributed by atoms with Crippen LogP contribution in [0.5, 0.6) is 0 Å². The van der Waals surface area contributed by atoms with E-state index in [-0.39, 0.29) is 0 Å². The Hall–Kier alpha value is -1.35. The summed E-state index contributed by atoms with van der Waals surface area (Å²) in [7, 11) is 0. The van der Waals surface area contributed by atoms with Crippen LogP contribution < -0.4 is 5.32 Å². The minimum atomic E-state index is -0.749. The van der Waals surface area contributed by atoms with Crippen LogP contribution >= 0.6 is 0 Å². The van der Waals surface area contributed by atoms with E-state index in [9.17, 15) is 9.90 Å². The minimum Gasteiger partial charge on any atom is -0.480 e. The molecule has 2 N–H and O–H groups in total. The number of aliphatic carboxylic acids is 1. The molecule has 1 saturated carbocycles. The fourth-order valence-corrected chi connectivity index (χ4v) is 2.44. The summed E-state index contributed by atoms with van der Waals surface area (Å²) in [6.45, 7) is 0. The van der Waals surface area contributed by atoms with Crippen molar-refractivity contribution < 1.29 is 9.90 Å². The van der Waals surface area contributed by atoms with Gasteiger partial charge in [0.15, 0.2) is 0 Å². The molecule has 1 atom stereocenters. The summed E-state index contributed by atoms with van der Waals surface area (Å²) < 4.78 is 0. The van der Waals surface area contributed by atoms with Crippen LogP contribution in [0.2, 0.25) is 0 Å². The number of carboxylic acid groups (broad SMARTS) is 1. The fourth-order valence-electron chi connectivity index (χ4n) is 2.44. The Balaban J connectivity index is 1.95. The van der Waals surface area contributed by atoms with E-state index in [4.69, 9.17) is 0 Å². The molecule has 1 fully saturated rings. The molecule has 92 valence electrons. The van der Waals surface area contributed by atoms with Crippen LogP contribution in [0.25, 0.3) is 0 Å². The van der Waals surface area contributed by atoms with Gasteiger partial charge in [-0.1, -0.05) is 43.2 Å². The van der Waals surface area contributed by atoms with Crippen molar-refractivity contribution in [3.63, 3.8) is 0 Å². The van der Waals surface area contributed by atoms with E-state index in [1.54, 1.807) is 0 Å². The van der Waals surface area contributed by atoms with Crippen LogP contribution in [0.1, 0.15) is 31.2 Å². The highest BCUT2D eigenvalue weighted by Crippen LogP contribution is 2.18. The lowest BCUT2D eigenvalue weighted by atomic mass is 10.0. The Labute approximate surface area is 102 Å². The molecule has 1 aliphatic carbocycles. The molecular weight excluding hydrogens is 214 g/mol. The monoisotopic (exact) mass is 233 g/mol. The zero-order chi connectivity index (χ0) is 12.1. The van der Waals surface area contributed by atoms with Gasteiger partial charge in [0.2, 0.25) is 0 Å². The molecule has 0 aliphatic heterocycles. The molecule has 0 aromatic heterocycles. The van der Waals surface area contributed by atoms with Crippen molar-refractivity contribution in [3.05, 3.63) is 35.9 Å². The smallest absolute Gasteiger partial charge is 0.321 e. The van der Waals surface area contributed by atoms with Gasteiger partial charge in [-0.25, -0.2) is 0 Å². The molecular formula is C14H19NO2. The third-order valence-electron chi connectivity index (χ3n) is 3.37. The average molecular weight is 233 g/mol. The highest BCUT2D eigenvalue weighted by molar-refractivity contribution is 5.74. The maximum atomic E-state index is 11.2. The quantitative estimate of drug-likeness (QED) is 0.819. The highest BCUT2D eigenvalue weighted by atomic mass is 16.4. The Morgan fingerprint density at radius 2 is 1.94 bits per heavy atom. The predicted molar refractivity (Wildman–Crippen MR) is 67.0 cm³/mol. The van der Waals surface area contributed by atoms with Crippen LogP contribution in [-0.2, 0) is 11.2 Å². The lowest BCUT2D eigenvalue weighted by molar-refractivity contribution is -0.139. The Morgan fingerprint density at radius 3 is 2.53 bits per heavy atom. The maximum Gasteiger partial charge on any atom is 0.321 e. The van der Waals surface area contributed by atoms with Crippen molar-refractivity contribution in [2.24, 2.45) is 0 Å². The molecule has 0 spiro atoms. The second-order valence-electron chi connectivity index (χ2n) is 4.73. The van der Waals surface area contributed by atoms with Gasteiger partial charge in [-0.05, 0) is 24.8 Å². The molecule has 1 aromatic carbocycles. The van der Waals surface area contributed by atoms with E-state index in [0.717, 1.165) is 18.4 Å². The SMILES string of the molecule is O=C(O)[C@H](Cc1ccccc1)NC1CCCC1. The fraction of sp³-hybridized carbons (Fsp3) is 0.500. The first kappa shape index (κ1) is 12.1. The summed E-state index contributed by atoms with van der Waals surface area (Å²) in [4.78, 5) is 11.2. The van der Waals surface area contributed by atoms with Crippen molar-refractivity contribution in [2.75, 3.05) is 0 Å². The van der Waals surface area contributed by atoms with E-state index in [1.165, 1.54) is 12.8 Å². The number of hydrogen-bond acceptors (Lipinski definition) is 2. The number of benzene rings is 1. The first-order valence-electron chi connectivity index (χ1n) is 6.28. The Bertz CT molecular complexity index is 358. The number of carboxylic acids is 1. The summed E-state index contributed by atoms with van der Waals surface area (Å²) in [5, 5.41) is 12.5. The molecule has 0 amide bonds. The van der Waals surface area contributed by atoms with Crippen LogP contribution in [0.4, 0.5) is 0 Å². The average Bonchev–Trinajstić information content (AvgIpc) is 2.82. The number of carbonyl (C=O) groups is 1. The zero-order valence-electron chi connectivity index (χ0n) is 9.93. The summed E-state index contributed by atoms with van der Waals surface area (Å²) in [5.41, 5.74) is 1.07. The van der Waals surface area contributed by atoms with Gasteiger partial charge in [0.05, 0.1) is 0 Å². The van der Waals surface area contributed by atoms with E-state index >= 15 is 0 Å². The molecule has 0 heterocycles. The van der Waals surface area contributed by atoms with Crippen molar-refractivity contribution in [1.82, 2.24) is 5.32 Å². The van der Waals surface area contributed by atoms with Crippen molar-refractivity contribution in [2.45, 2.75) is 44.2 Å². The first-order valence-corrected chi connectivity index (χ1v) is 6.28. The molecule has 1 aliphatic rings. The molecule has 0 radical (unpaired) electrons. The largest absolute Gasteiger partial charge is 0.480 e. The van der Waals surface area contributed by atoms with Gasteiger partial charge in [0.1, 0.15) is 6.04 Å². The summed E-state index contributed by atoms with van der Waals surface area (Å²) in [6.07, 6.45) is 5.22. The van der Waals surface area contributed by atoms with Crippen LogP contribution in [0.15, 0.2) is 30.3 Å². The lowest BCUT2D eigenvalue weighted by Gasteiger charge is -2.19. The second kappa shape index (κ2) is 5.82. The molecule has 0 unspecified atom stereocenters. The van der Waals surface area contributed by atoms with E-state index < -0.39 is 12.0 Å². The standard InChI is InChI=1S/C14H19NO2/c16-14(17)13(15-12-8-4-5-9-12)10-11-6-2-1-3-7-11/h1-3,6-7,12-13,15H,4-5,8-10H2,(H,16,17)/t13-/m0/s1. The van der Waals surface area contributed by atoms with Gasteiger partial charge >= 0.3 is 5.97 Å². The number of nitrogens with one attached hydrogen (secondary N) is 1. The Kier molecular flexibility index (Phi) is 4.15. The first-order chi connectivity index (χ1) is 8.25. The predicted octanol–water partition coefficient (Wildman–Crippen LogP) is 2.21. The van der Waals surface area contributed by atoms with Gasteiger partial charge in [0, 0.05) is 6.04 Å². The van der Waals surface area contributed by atoms with Gasteiger partial charge in [0.25, 0.3) is 0 Å². The zero-order valence-corrected chi connectivity index (χ0v) is 9.93. The highest BCUT2D eigenvalue weighted by Gasteiger charge is 2.23. The molecule has 3 heteroatoms. The van der Waals surface area contributed by atoms with E-state index in [2.05, 4.69) is 5.32 Å². The van der Waals surface area contributed by atoms with Gasteiger partial charge in [-0.2, -0.15) is 0 Å². The Morgan fingerprint density at radius 1 is 1.29 bits per heavy atom. The lowest BCUT2D eigenvalue weighted by Crippen LogP contribution is -2.43. The second-order valence-corrected chi connectivity index (χ2v) is 4.73. The summed E-state index contributed by atoms with van der Waals surface area (Å²) in [5.74, 6) is -0.749. The van der Waals surface area contributed by atoms with Gasteiger partial charge < -0.3 is 10.4 Å². The molecule has 2 rings (SSSR count). The summed E-state index contributed by atoms with van der Waals surface area (Å²) in [6, 6.07) is 9.73. The number of rotatable bonds is 5. The van der Waals surface area contributed by atoms with Crippen molar-refractivity contribution in [1.29, 1.82) is 0 Å². The molecule has 0 saturated heterocycles. The topological polar surface area (TPSA) is 49.3 Å². The minimum absolute atomic E-state index is 0.389. The molecule has 0 bridgehead atoms. The van der Waals surface area contributed by atoms with Crippen LogP contribution in [0, 0.1) is 0 Å². The van der Waals surface area contributed by atoms with E-state index in [0.29, 0.717) is 12.5 Å². The maximum absolute atomic E-state index is 11.2. The summed E-state index contributed by atoms with van der Waals surface area (Å²) >= 11 is 0. The van der Waals surface area contributed by atoms with Crippen molar-refractivity contribution in [3.8, 4) is 0 Å². The third kappa shape index (κ3) is 3.56.